The molecule has 0 aliphatic carbocycles. The lowest BCUT2D eigenvalue weighted by Gasteiger charge is -2.47. The van der Waals surface area contributed by atoms with Crippen molar-refractivity contribution < 1.29 is 9.13 Å². The molecule has 2 aliphatic rings. The van der Waals surface area contributed by atoms with Gasteiger partial charge in [-0.3, -0.25) is 4.98 Å². The van der Waals surface area contributed by atoms with Gasteiger partial charge in [0.2, 0.25) is 0 Å². The number of hydrogen-bond donors (Lipinski definition) is 0. The first-order valence-corrected chi connectivity index (χ1v) is 8.73. The molecule has 4 rings (SSSR count). The number of halogens is 1. The summed E-state index contributed by atoms with van der Waals surface area (Å²) >= 11 is 0. The van der Waals surface area contributed by atoms with Crippen molar-refractivity contribution in [2.45, 2.75) is 31.1 Å². The van der Waals surface area contributed by atoms with Gasteiger partial charge in [0.1, 0.15) is 11.6 Å². The van der Waals surface area contributed by atoms with Crippen LogP contribution in [0.25, 0.3) is 11.3 Å². The molecule has 0 N–H and O–H groups in total. The fraction of sp³-hybridized carbons (Fsp3) is 0.450. The lowest BCUT2D eigenvalue weighted by atomic mass is 9.69. The quantitative estimate of drug-likeness (QED) is 0.852. The van der Waals surface area contributed by atoms with Gasteiger partial charge >= 0.3 is 0 Å². The molecule has 1 aromatic carbocycles. The van der Waals surface area contributed by atoms with E-state index in [1.165, 1.54) is 56.5 Å². The fourth-order valence-corrected chi connectivity index (χ4v) is 4.39. The van der Waals surface area contributed by atoms with Gasteiger partial charge in [0.25, 0.3) is 0 Å². The zero-order valence-corrected chi connectivity index (χ0v) is 14.1. The first kappa shape index (κ1) is 15.6. The largest absolute Gasteiger partial charge is 0.496 e. The molecule has 2 aromatic rings. The Morgan fingerprint density at radius 2 is 1.92 bits per heavy atom. The summed E-state index contributed by atoms with van der Waals surface area (Å²) in [6.07, 6.45) is 7.07. The Kier molecular flexibility index (Phi) is 4.01. The van der Waals surface area contributed by atoms with Crippen molar-refractivity contribution in [3.05, 3.63) is 47.9 Å². The number of methoxy groups -OCH3 is 1. The number of benzene rings is 1. The molecule has 0 spiro atoms. The van der Waals surface area contributed by atoms with Crippen LogP contribution in [0.4, 0.5) is 4.39 Å². The van der Waals surface area contributed by atoms with Crippen LogP contribution in [-0.2, 0) is 5.41 Å². The van der Waals surface area contributed by atoms with Gasteiger partial charge in [-0.25, -0.2) is 4.39 Å². The molecule has 2 aliphatic heterocycles. The van der Waals surface area contributed by atoms with E-state index < -0.39 is 0 Å². The van der Waals surface area contributed by atoms with Crippen molar-refractivity contribution in [2.75, 3.05) is 26.7 Å². The predicted octanol–water partition coefficient (Wildman–Crippen LogP) is 4.02. The van der Waals surface area contributed by atoms with E-state index in [4.69, 9.17) is 4.74 Å². The molecule has 3 heterocycles. The molecule has 2 fully saturated rings. The third-order valence-electron chi connectivity index (χ3n) is 5.60. The van der Waals surface area contributed by atoms with E-state index in [1.54, 1.807) is 13.2 Å². The van der Waals surface area contributed by atoms with E-state index >= 15 is 0 Å². The number of piperidine rings is 2. The van der Waals surface area contributed by atoms with Gasteiger partial charge < -0.3 is 9.64 Å². The van der Waals surface area contributed by atoms with Crippen molar-refractivity contribution in [1.82, 2.24) is 9.88 Å². The summed E-state index contributed by atoms with van der Waals surface area (Å²) in [5.41, 5.74) is 3.28. The SMILES string of the molecule is COc1cc(F)ccc1-c1ccc(C23CCCN(CCC2)C3)cn1. The van der Waals surface area contributed by atoms with Crippen LogP contribution in [0.3, 0.4) is 0 Å². The van der Waals surface area contributed by atoms with Crippen LogP contribution in [0.2, 0.25) is 0 Å². The molecule has 3 nitrogen and oxygen atoms in total. The van der Waals surface area contributed by atoms with Crippen molar-refractivity contribution >= 4 is 0 Å². The number of fused-ring (bicyclic) bond motifs is 2. The molecule has 0 saturated carbocycles. The minimum Gasteiger partial charge on any atom is -0.496 e. The molecule has 24 heavy (non-hydrogen) atoms. The minimum absolute atomic E-state index is 0.273. The van der Waals surface area contributed by atoms with Crippen LogP contribution in [0, 0.1) is 5.82 Å². The number of hydrogen-bond acceptors (Lipinski definition) is 3. The summed E-state index contributed by atoms with van der Waals surface area (Å²) in [4.78, 5) is 7.27. The molecule has 0 atom stereocenters. The van der Waals surface area contributed by atoms with E-state index in [2.05, 4.69) is 16.0 Å². The van der Waals surface area contributed by atoms with Crippen LogP contribution in [0.5, 0.6) is 5.75 Å². The van der Waals surface area contributed by atoms with E-state index in [-0.39, 0.29) is 11.2 Å². The summed E-state index contributed by atoms with van der Waals surface area (Å²) in [7, 11) is 1.56. The summed E-state index contributed by atoms with van der Waals surface area (Å²) in [6, 6.07) is 8.85. The Bertz CT molecular complexity index is 719. The normalized spacial score (nSPS) is 26.2. The van der Waals surface area contributed by atoms with Gasteiger partial charge in [0.15, 0.2) is 0 Å². The smallest absolute Gasteiger partial charge is 0.131 e. The number of aromatic nitrogens is 1. The third-order valence-corrected chi connectivity index (χ3v) is 5.60. The highest BCUT2D eigenvalue weighted by Gasteiger charge is 2.39. The summed E-state index contributed by atoms with van der Waals surface area (Å²) in [6.45, 7) is 3.63. The summed E-state index contributed by atoms with van der Waals surface area (Å²) in [5.74, 6) is 0.227. The number of nitrogens with zero attached hydrogens (tertiary/aromatic N) is 2. The van der Waals surface area contributed by atoms with Crippen LogP contribution in [0.1, 0.15) is 31.2 Å². The maximum Gasteiger partial charge on any atom is 0.131 e. The zero-order chi connectivity index (χ0) is 16.6. The second-order valence-electron chi connectivity index (χ2n) is 7.04. The average Bonchev–Trinajstić information content (AvgIpc) is 2.62. The van der Waals surface area contributed by atoms with Crippen molar-refractivity contribution in [3.8, 4) is 17.0 Å². The highest BCUT2D eigenvalue weighted by Crippen LogP contribution is 2.41. The van der Waals surface area contributed by atoms with Crippen molar-refractivity contribution in [3.63, 3.8) is 0 Å². The van der Waals surface area contributed by atoms with Crippen LogP contribution >= 0.6 is 0 Å². The topological polar surface area (TPSA) is 25.4 Å². The van der Waals surface area contributed by atoms with Crippen molar-refractivity contribution in [2.24, 2.45) is 0 Å². The van der Waals surface area contributed by atoms with E-state index in [0.29, 0.717) is 5.75 Å². The average molecular weight is 326 g/mol. The summed E-state index contributed by atoms with van der Waals surface area (Å²) < 4.78 is 18.7. The van der Waals surface area contributed by atoms with Gasteiger partial charge in [0, 0.05) is 29.8 Å². The maximum atomic E-state index is 13.4. The molecule has 2 saturated heterocycles. The Morgan fingerprint density at radius 3 is 2.58 bits per heavy atom. The standard InChI is InChI=1S/C20H23FN2O/c1-24-19-12-16(21)5-6-17(19)18-7-4-15(13-22-18)20-8-2-10-23(14-20)11-3-9-20/h4-7,12-13H,2-3,8-11,14H2,1H3. The Labute approximate surface area is 142 Å². The van der Waals surface area contributed by atoms with Gasteiger partial charge in [-0.1, -0.05) is 6.07 Å². The molecular formula is C20H23FN2O. The molecular weight excluding hydrogens is 303 g/mol. The van der Waals surface area contributed by atoms with Crippen LogP contribution in [-0.4, -0.2) is 36.6 Å². The zero-order valence-electron chi connectivity index (χ0n) is 14.1. The summed E-state index contributed by atoms with van der Waals surface area (Å²) in [5, 5.41) is 0. The Hall–Kier alpha value is -1.94. The maximum absolute atomic E-state index is 13.4. The van der Waals surface area contributed by atoms with Crippen LogP contribution < -0.4 is 4.74 Å². The lowest BCUT2D eigenvalue weighted by molar-refractivity contribution is 0.0941. The first-order valence-electron chi connectivity index (χ1n) is 8.73. The number of rotatable bonds is 3. The van der Waals surface area contributed by atoms with Gasteiger partial charge in [0.05, 0.1) is 12.8 Å². The first-order chi connectivity index (χ1) is 11.7. The van der Waals surface area contributed by atoms with E-state index in [0.717, 1.165) is 17.8 Å². The van der Waals surface area contributed by atoms with Crippen LogP contribution in [0.15, 0.2) is 36.5 Å². The van der Waals surface area contributed by atoms with E-state index in [9.17, 15) is 4.39 Å². The molecule has 4 heteroatoms. The van der Waals surface area contributed by atoms with Gasteiger partial charge in [-0.15, -0.1) is 0 Å². The molecule has 0 unspecified atom stereocenters. The van der Waals surface area contributed by atoms with E-state index in [1.807, 2.05) is 12.3 Å². The number of pyridine rings is 1. The third kappa shape index (κ3) is 2.69. The Morgan fingerprint density at radius 1 is 1.12 bits per heavy atom. The molecule has 0 radical (unpaired) electrons. The monoisotopic (exact) mass is 326 g/mol. The second kappa shape index (κ2) is 6.17. The highest BCUT2D eigenvalue weighted by atomic mass is 19.1. The number of ether oxygens (including phenoxy) is 1. The van der Waals surface area contributed by atoms with Gasteiger partial charge in [-0.2, -0.15) is 0 Å². The molecule has 1 aromatic heterocycles. The Balaban J connectivity index is 1.66. The van der Waals surface area contributed by atoms with Gasteiger partial charge in [-0.05, 0) is 62.5 Å². The molecule has 126 valence electrons. The second-order valence-corrected chi connectivity index (χ2v) is 7.04. The molecule has 0 amide bonds. The predicted molar refractivity (Wildman–Crippen MR) is 92.8 cm³/mol. The minimum atomic E-state index is -0.296. The molecule has 2 bridgehead atoms. The fourth-order valence-electron chi connectivity index (χ4n) is 4.39. The van der Waals surface area contributed by atoms with Crippen molar-refractivity contribution in [1.29, 1.82) is 0 Å². The lowest BCUT2D eigenvalue weighted by Crippen LogP contribution is -2.50. The highest BCUT2D eigenvalue weighted by molar-refractivity contribution is 5.67.